The lowest BCUT2D eigenvalue weighted by molar-refractivity contribution is -0.124. The molecule has 5 nitrogen and oxygen atoms in total. The number of amides is 2. The highest BCUT2D eigenvalue weighted by Gasteiger charge is 2.08. The SMILES string of the molecule is O=C(Cl)CC(=O)NC(=O)O. The van der Waals surface area contributed by atoms with E-state index in [0.29, 0.717) is 0 Å². The Bertz CT molecular complexity index is 160. The molecule has 0 spiro atoms. The van der Waals surface area contributed by atoms with Crippen LogP contribution in [0.2, 0.25) is 0 Å². The van der Waals surface area contributed by atoms with Crippen LogP contribution in [0.5, 0.6) is 0 Å². The average molecular weight is 166 g/mol. The summed E-state index contributed by atoms with van der Waals surface area (Å²) in [4.78, 5) is 29.9. The summed E-state index contributed by atoms with van der Waals surface area (Å²) in [5.41, 5.74) is 0. The Labute approximate surface area is 61.0 Å². The van der Waals surface area contributed by atoms with Gasteiger partial charge in [-0.05, 0) is 11.6 Å². The van der Waals surface area contributed by atoms with Gasteiger partial charge in [-0.3, -0.25) is 14.9 Å². The lowest BCUT2D eigenvalue weighted by atomic mass is 10.4. The minimum atomic E-state index is -1.50. The molecule has 0 bridgehead atoms. The maximum atomic E-state index is 10.3. The third-order valence-electron chi connectivity index (χ3n) is 0.546. The standard InChI is InChI=1S/C4H4ClNO4/c5-2(7)1-3(8)6-4(9)10/h1H2,(H,6,8)(H,9,10). The first-order chi connectivity index (χ1) is 4.52. The maximum absolute atomic E-state index is 10.3. The Morgan fingerprint density at radius 2 is 1.90 bits per heavy atom. The first-order valence-electron chi connectivity index (χ1n) is 2.23. The molecule has 0 saturated carbocycles. The molecular formula is C4H4ClNO4. The van der Waals surface area contributed by atoms with Crippen LogP contribution in [0, 0.1) is 0 Å². The van der Waals surface area contributed by atoms with E-state index < -0.39 is 23.7 Å². The topological polar surface area (TPSA) is 83.5 Å². The van der Waals surface area contributed by atoms with E-state index in [9.17, 15) is 14.4 Å². The van der Waals surface area contributed by atoms with Gasteiger partial charge in [0.1, 0.15) is 6.42 Å². The fourth-order valence-corrected chi connectivity index (χ4v) is 0.411. The zero-order valence-corrected chi connectivity index (χ0v) is 5.51. The number of carbonyl (C=O) groups is 3. The summed E-state index contributed by atoms with van der Waals surface area (Å²) in [5, 5.41) is 8.47. The van der Waals surface area contributed by atoms with Gasteiger partial charge in [-0.2, -0.15) is 0 Å². The van der Waals surface area contributed by atoms with Crippen LogP contribution in [0.4, 0.5) is 4.79 Å². The van der Waals surface area contributed by atoms with Crippen molar-refractivity contribution >= 4 is 28.8 Å². The zero-order chi connectivity index (χ0) is 8.15. The van der Waals surface area contributed by atoms with Gasteiger partial charge in [-0.1, -0.05) is 0 Å². The van der Waals surface area contributed by atoms with E-state index in [1.165, 1.54) is 5.32 Å². The van der Waals surface area contributed by atoms with Gasteiger partial charge in [0.05, 0.1) is 0 Å². The van der Waals surface area contributed by atoms with Crippen LogP contribution < -0.4 is 5.32 Å². The quantitative estimate of drug-likeness (QED) is 0.443. The van der Waals surface area contributed by atoms with Crippen molar-refractivity contribution in [1.82, 2.24) is 5.32 Å². The molecule has 2 amide bonds. The van der Waals surface area contributed by atoms with Crippen molar-refractivity contribution in [3.63, 3.8) is 0 Å². The molecule has 0 radical (unpaired) electrons. The van der Waals surface area contributed by atoms with Crippen molar-refractivity contribution in [2.24, 2.45) is 0 Å². The number of hydrogen-bond donors (Lipinski definition) is 2. The van der Waals surface area contributed by atoms with Gasteiger partial charge in [-0.15, -0.1) is 0 Å². The summed E-state index contributed by atoms with van der Waals surface area (Å²) < 4.78 is 0. The predicted molar refractivity (Wildman–Crippen MR) is 31.6 cm³/mol. The number of hydrogen-bond acceptors (Lipinski definition) is 3. The molecule has 0 aliphatic carbocycles. The van der Waals surface area contributed by atoms with Crippen LogP contribution in [0.1, 0.15) is 6.42 Å². The molecule has 0 aromatic heterocycles. The number of carbonyl (C=O) groups excluding carboxylic acids is 2. The molecule has 0 aliphatic heterocycles. The van der Waals surface area contributed by atoms with E-state index in [1.807, 2.05) is 0 Å². The molecule has 0 unspecified atom stereocenters. The van der Waals surface area contributed by atoms with Gasteiger partial charge >= 0.3 is 6.09 Å². The van der Waals surface area contributed by atoms with Crippen LogP contribution in [-0.4, -0.2) is 22.3 Å². The fourth-order valence-electron chi connectivity index (χ4n) is 0.290. The highest BCUT2D eigenvalue weighted by Crippen LogP contribution is 1.86. The van der Waals surface area contributed by atoms with Gasteiger partial charge in [0.25, 0.3) is 0 Å². The van der Waals surface area contributed by atoms with E-state index >= 15 is 0 Å². The number of imide groups is 1. The normalized spacial score (nSPS) is 8.50. The molecular weight excluding hydrogens is 162 g/mol. The van der Waals surface area contributed by atoms with Gasteiger partial charge in [0.15, 0.2) is 0 Å². The molecule has 56 valence electrons. The third kappa shape index (κ3) is 5.04. The van der Waals surface area contributed by atoms with Crippen LogP contribution in [0.3, 0.4) is 0 Å². The molecule has 0 atom stereocenters. The van der Waals surface area contributed by atoms with Crippen molar-refractivity contribution in [3.8, 4) is 0 Å². The average Bonchev–Trinajstić information content (AvgIpc) is 1.58. The highest BCUT2D eigenvalue weighted by molar-refractivity contribution is 6.64. The number of carboxylic acid groups (broad SMARTS) is 1. The van der Waals surface area contributed by atoms with Crippen molar-refractivity contribution in [2.45, 2.75) is 6.42 Å². The second-order valence-electron chi connectivity index (χ2n) is 1.39. The minimum Gasteiger partial charge on any atom is -0.465 e. The van der Waals surface area contributed by atoms with E-state index in [0.717, 1.165) is 0 Å². The lowest BCUT2D eigenvalue weighted by Crippen LogP contribution is -2.29. The van der Waals surface area contributed by atoms with Crippen molar-refractivity contribution in [2.75, 3.05) is 0 Å². The van der Waals surface area contributed by atoms with E-state index in [1.54, 1.807) is 0 Å². The maximum Gasteiger partial charge on any atom is 0.411 e. The summed E-state index contributed by atoms with van der Waals surface area (Å²) in [7, 11) is 0. The Morgan fingerprint density at radius 3 is 2.20 bits per heavy atom. The smallest absolute Gasteiger partial charge is 0.411 e. The van der Waals surface area contributed by atoms with Gasteiger partial charge in [-0.25, -0.2) is 4.79 Å². The van der Waals surface area contributed by atoms with Gasteiger partial charge in [0, 0.05) is 0 Å². The van der Waals surface area contributed by atoms with Crippen LogP contribution in [0.15, 0.2) is 0 Å². The second-order valence-corrected chi connectivity index (χ2v) is 1.81. The zero-order valence-electron chi connectivity index (χ0n) is 4.76. The van der Waals surface area contributed by atoms with Gasteiger partial charge < -0.3 is 5.11 Å². The van der Waals surface area contributed by atoms with Crippen LogP contribution in [-0.2, 0) is 9.59 Å². The number of halogens is 1. The Balaban J connectivity index is 3.65. The number of rotatable bonds is 2. The first-order valence-corrected chi connectivity index (χ1v) is 2.61. The van der Waals surface area contributed by atoms with Crippen molar-refractivity contribution in [1.29, 1.82) is 0 Å². The predicted octanol–water partition coefficient (Wildman–Crippen LogP) is -0.0639. The molecule has 0 aliphatic rings. The summed E-state index contributed by atoms with van der Waals surface area (Å²) in [6.45, 7) is 0. The van der Waals surface area contributed by atoms with E-state index in [4.69, 9.17) is 16.7 Å². The lowest BCUT2D eigenvalue weighted by Gasteiger charge is -1.93. The molecule has 2 N–H and O–H groups in total. The summed E-state index contributed by atoms with van der Waals surface area (Å²) >= 11 is 4.76. The third-order valence-corrected chi connectivity index (χ3v) is 0.680. The Morgan fingerprint density at radius 1 is 1.40 bits per heavy atom. The largest absolute Gasteiger partial charge is 0.465 e. The van der Waals surface area contributed by atoms with E-state index in [2.05, 4.69) is 0 Å². The summed E-state index contributed by atoms with van der Waals surface area (Å²) in [6.07, 6.45) is -2.11. The molecule has 6 heteroatoms. The van der Waals surface area contributed by atoms with Crippen LogP contribution in [0.25, 0.3) is 0 Å². The van der Waals surface area contributed by atoms with E-state index in [-0.39, 0.29) is 0 Å². The molecule has 10 heavy (non-hydrogen) atoms. The minimum absolute atomic E-state index is 0.617. The molecule has 0 aromatic carbocycles. The fraction of sp³-hybridized carbons (Fsp3) is 0.250. The Kier molecular flexibility index (Phi) is 3.42. The first kappa shape index (κ1) is 8.90. The highest BCUT2D eigenvalue weighted by atomic mass is 35.5. The molecule has 0 aromatic rings. The monoisotopic (exact) mass is 165 g/mol. The van der Waals surface area contributed by atoms with Crippen LogP contribution >= 0.6 is 11.6 Å². The summed E-state index contributed by atoms with van der Waals surface area (Å²) in [5.74, 6) is -0.924. The number of nitrogens with one attached hydrogen (secondary N) is 1. The second kappa shape index (κ2) is 3.84. The molecule has 0 saturated heterocycles. The van der Waals surface area contributed by atoms with Gasteiger partial charge in [0.2, 0.25) is 11.1 Å². The molecule has 0 rings (SSSR count). The molecule has 0 heterocycles. The van der Waals surface area contributed by atoms with Crippen molar-refractivity contribution in [3.05, 3.63) is 0 Å². The van der Waals surface area contributed by atoms with Crippen molar-refractivity contribution < 1.29 is 19.5 Å². The molecule has 0 fully saturated rings. The Hall–Kier alpha value is -1.10. The summed E-state index contributed by atoms with van der Waals surface area (Å²) in [6, 6.07) is 0.